The van der Waals surface area contributed by atoms with Gasteiger partial charge in [0, 0.05) is 18.6 Å². The Labute approximate surface area is 61.7 Å². The molecule has 0 rings (SSSR count). The Morgan fingerprint density at radius 1 is 2.17 bits per heavy atom. The molecular formula is C2H2OPV2-2. The van der Waals surface area contributed by atoms with Crippen molar-refractivity contribution in [3.05, 3.63) is 6.42 Å². The van der Waals surface area contributed by atoms with Crippen LogP contribution in [0.1, 0.15) is 0 Å². The zero-order valence-corrected chi connectivity index (χ0v) is 6.60. The second-order valence-corrected chi connectivity index (χ2v) is 0.375. The predicted octanol–water partition coefficient (Wildman–Crippen LogP) is 0.285. The van der Waals surface area contributed by atoms with E-state index in [0.717, 1.165) is 0 Å². The molecule has 0 amide bonds. The molecule has 0 spiro atoms. The minimum atomic E-state index is -1.31. The first-order chi connectivity index (χ1) is 2.83. The first kappa shape index (κ1) is 10.0. The molecule has 0 saturated carbocycles. The quantitative estimate of drug-likeness (QED) is 0.295. The van der Waals surface area contributed by atoms with Gasteiger partial charge in [0.15, 0.2) is 0 Å². The van der Waals surface area contributed by atoms with Gasteiger partial charge in [-0.2, -0.15) is 0 Å². The summed E-state index contributed by atoms with van der Waals surface area (Å²) in [7, 11) is 2.60. The fourth-order valence-corrected chi connectivity index (χ4v) is 0. The molecule has 0 N–H and O–H groups in total. The fraction of sp³-hybridized carbons (Fsp3) is 0. The van der Waals surface area contributed by atoms with Crippen LogP contribution in [0.3, 0.4) is 0 Å². The Bertz CT molecular complexity index is 61.2. The van der Waals surface area contributed by atoms with E-state index in [1.165, 1.54) is 0 Å². The van der Waals surface area contributed by atoms with E-state index in [1.54, 1.807) is 5.66 Å². The van der Waals surface area contributed by atoms with Crippen LogP contribution in [0.4, 0.5) is 0 Å². The van der Waals surface area contributed by atoms with Gasteiger partial charge in [-0.05, 0) is 0 Å². The molecule has 4 heteroatoms. The van der Waals surface area contributed by atoms with Crippen LogP contribution in [-0.4, -0.2) is 0.879 Å². The molecule has 0 fully saturated rings. The Kier molecular flexibility index (Phi) is 64.0. The second-order valence-electron chi connectivity index (χ2n) is 0.125. The Hall–Kier alpha value is 0.959. The van der Waals surface area contributed by atoms with Crippen LogP contribution in [0.25, 0.3) is 0 Å². The molecule has 1 radical (unpaired) electrons. The molecule has 0 aliphatic heterocycles. The van der Waals surface area contributed by atoms with Crippen molar-refractivity contribution in [3.63, 3.8) is 0 Å². The third-order valence-corrected chi connectivity index (χ3v) is 0. The summed E-state index contributed by atoms with van der Waals surface area (Å²) in [4.78, 5) is 0. The van der Waals surface area contributed by atoms with Gasteiger partial charge >= 0.3 is 21.8 Å². The van der Waals surface area contributed by atoms with E-state index in [0.29, 0.717) is 0 Å². The van der Waals surface area contributed by atoms with Crippen LogP contribution in [0.15, 0.2) is 0 Å². The van der Waals surface area contributed by atoms with E-state index >= 15 is 0 Å². The van der Waals surface area contributed by atoms with Crippen molar-refractivity contribution in [2.75, 3.05) is 0 Å². The average Bonchev–Trinajstić information content (AvgIpc) is 1.39. The van der Waals surface area contributed by atoms with E-state index < -0.39 is 17.2 Å². The van der Waals surface area contributed by atoms with Crippen molar-refractivity contribution in [2.45, 2.75) is 0 Å². The van der Waals surface area contributed by atoms with Gasteiger partial charge in [0.25, 0.3) is 0 Å². The molecule has 0 aromatic rings. The Morgan fingerprint density at radius 3 is 2.17 bits per heavy atom. The molecule has 6 heavy (non-hydrogen) atoms. The van der Waals surface area contributed by atoms with Gasteiger partial charge in [0.2, 0.25) is 0 Å². The van der Waals surface area contributed by atoms with E-state index in [9.17, 15) is 0 Å². The Morgan fingerprint density at radius 2 is 2.17 bits per heavy atom. The molecule has 33 valence electrons. The maximum absolute atomic E-state index is 8.69. The topological polar surface area (TPSA) is 17.1 Å². The maximum atomic E-state index is 8.69. The molecule has 0 saturated heterocycles. The van der Waals surface area contributed by atoms with Gasteiger partial charge in [-0.1, -0.05) is 0 Å². The van der Waals surface area contributed by atoms with Gasteiger partial charge in [-0.3, -0.25) is 0 Å². The van der Waals surface area contributed by atoms with Crippen LogP contribution in [-0.2, 0) is 39.5 Å². The maximum Gasteiger partial charge on any atom is 0 e. The summed E-state index contributed by atoms with van der Waals surface area (Å²) in [5, 5.41) is 0. The van der Waals surface area contributed by atoms with Crippen molar-refractivity contribution >= 4 is 9.24 Å². The van der Waals surface area contributed by atoms with E-state index in [2.05, 4.69) is 9.24 Å². The van der Waals surface area contributed by atoms with Gasteiger partial charge in [0.1, 0.15) is 0 Å². The minimum absolute atomic E-state index is 0. The predicted molar refractivity (Wildman–Crippen MR) is 17.5 cm³/mol. The molecule has 0 aliphatic rings. The number of hydrogen-bond donors (Lipinski definition) is 0. The van der Waals surface area contributed by atoms with Gasteiger partial charge < -0.3 is 21.3 Å². The van der Waals surface area contributed by atoms with Crippen molar-refractivity contribution in [1.29, 1.82) is 0.879 Å². The van der Waals surface area contributed by atoms with Crippen LogP contribution >= 0.6 is 9.24 Å². The second kappa shape index (κ2) is 38.2. The largest absolute Gasteiger partial charge is 0.731 e. The van der Waals surface area contributed by atoms with Crippen molar-refractivity contribution < 1.29 is 39.5 Å². The molecule has 0 unspecified atom stereocenters. The Balaban J connectivity index is -0.0000000400. The summed E-state index contributed by atoms with van der Waals surface area (Å²) in [6.45, 7) is 0. The molecule has 0 atom stereocenters. The third kappa shape index (κ3) is 84.5. The summed E-state index contributed by atoms with van der Waals surface area (Å²) in [5.41, 5.74) is 1.81. The fourth-order valence-electron chi connectivity index (χ4n) is 0. The summed E-state index contributed by atoms with van der Waals surface area (Å²) >= 11 is -1.31. The van der Waals surface area contributed by atoms with E-state index in [4.69, 9.17) is 11.0 Å². The van der Waals surface area contributed by atoms with Crippen LogP contribution in [0.5, 0.6) is 0 Å². The van der Waals surface area contributed by atoms with Crippen LogP contribution in [0, 0.1) is 12.1 Å². The smallest absolute Gasteiger partial charge is 0 e. The van der Waals surface area contributed by atoms with E-state index in [1.807, 2.05) is 0 Å². The summed E-state index contributed by atoms with van der Waals surface area (Å²) < 4.78 is 14.4. The first-order valence-electron chi connectivity index (χ1n) is 1.13. The average molecular weight is 177 g/mol. The van der Waals surface area contributed by atoms with Crippen LogP contribution < -0.4 is 0 Å². The van der Waals surface area contributed by atoms with Crippen molar-refractivity contribution in [1.82, 2.24) is 0 Å². The SMILES string of the molecule is [3H][V]=[O].[C-]#C[PH-].[V]. The summed E-state index contributed by atoms with van der Waals surface area (Å²) in [6, 6.07) is 0. The van der Waals surface area contributed by atoms with Gasteiger partial charge in [-0.15, -0.1) is 0 Å². The number of hydrogen-bond acceptors (Lipinski definition) is 1. The van der Waals surface area contributed by atoms with Crippen LogP contribution in [0.2, 0.25) is 0 Å². The molecule has 1 nitrogen and oxygen atoms in total. The summed E-state index contributed by atoms with van der Waals surface area (Å²) in [6.07, 6.45) is 5.87. The van der Waals surface area contributed by atoms with Crippen molar-refractivity contribution in [2.24, 2.45) is 0 Å². The van der Waals surface area contributed by atoms with Gasteiger partial charge in [0.05, 0.1) is 0 Å². The normalized spacial score (nSPS) is 3.67. The molecular weight excluding hydrogens is 173 g/mol. The molecule has 0 bridgehead atoms. The molecule has 0 aromatic carbocycles. The molecule has 0 heterocycles. The number of rotatable bonds is 0. The minimum Gasteiger partial charge on any atom is -0.731 e. The molecule has 0 aromatic heterocycles. The third-order valence-electron chi connectivity index (χ3n) is 0. The monoisotopic (exact) mass is 177 g/mol. The first-order valence-corrected chi connectivity index (χ1v) is 1.75. The summed E-state index contributed by atoms with van der Waals surface area (Å²) in [5.74, 6) is 0. The van der Waals surface area contributed by atoms with Gasteiger partial charge in [-0.25, -0.2) is 0 Å². The zero-order chi connectivity index (χ0) is 5.41. The van der Waals surface area contributed by atoms with E-state index in [-0.39, 0.29) is 18.6 Å². The van der Waals surface area contributed by atoms with Crippen molar-refractivity contribution in [3.8, 4) is 5.66 Å². The zero-order valence-electron chi connectivity index (χ0n) is 3.80. The molecule has 0 aliphatic carbocycles. The standard InChI is InChI=1S/C2HP.O.2V.H/c1-2-3;;;;/h3H;;;;/q-2;;;;/i;;;;1+2.